The highest BCUT2D eigenvalue weighted by Gasteiger charge is 2.40. The molecule has 66 valence electrons. The Labute approximate surface area is 72.6 Å². The van der Waals surface area contributed by atoms with Crippen molar-refractivity contribution in [2.45, 2.75) is 32.1 Å². The van der Waals surface area contributed by atoms with Gasteiger partial charge in [0.05, 0.1) is 13.0 Å². The van der Waals surface area contributed by atoms with Crippen LogP contribution in [0.2, 0.25) is 0 Å². The number of methoxy groups -OCH3 is 1. The molecule has 0 heterocycles. The zero-order valence-electron chi connectivity index (χ0n) is 7.43. The second kappa shape index (κ2) is 2.92. The van der Waals surface area contributed by atoms with Gasteiger partial charge >= 0.3 is 5.97 Å². The molecule has 0 saturated heterocycles. The SMILES string of the molecule is COC(=O)[C@@H]1CC1=C1CCCC1. The Morgan fingerprint density at radius 3 is 2.67 bits per heavy atom. The summed E-state index contributed by atoms with van der Waals surface area (Å²) in [4.78, 5) is 11.1. The smallest absolute Gasteiger partial charge is 0.313 e. The average Bonchev–Trinajstić information content (AvgIpc) is 2.71. The Hall–Kier alpha value is -0.790. The Morgan fingerprint density at radius 1 is 1.42 bits per heavy atom. The number of ether oxygens (including phenoxy) is 1. The largest absolute Gasteiger partial charge is 0.469 e. The molecule has 0 radical (unpaired) electrons. The fourth-order valence-corrected chi connectivity index (χ4v) is 2.04. The molecule has 2 aliphatic rings. The molecule has 2 saturated carbocycles. The molecule has 1 atom stereocenters. The summed E-state index contributed by atoms with van der Waals surface area (Å²) < 4.78 is 4.69. The number of hydrogen-bond acceptors (Lipinski definition) is 2. The molecule has 2 fully saturated rings. The van der Waals surface area contributed by atoms with Crippen LogP contribution < -0.4 is 0 Å². The third-order valence-electron chi connectivity index (χ3n) is 2.83. The van der Waals surface area contributed by atoms with Crippen LogP contribution in [0, 0.1) is 5.92 Å². The quantitative estimate of drug-likeness (QED) is 0.440. The van der Waals surface area contributed by atoms with Gasteiger partial charge in [0.1, 0.15) is 0 Å². The van der Waals surface area contributed by atoms with E-state index < -0.39 is 0 Å². The molecule has 0 aromatic heterocycles. The van der Waals surface area contributed by atoms with E-state index in [1.165, 1.54) is 38.4 Å². The molecule has 0 spiro atoms. The maximum atomic E-state index is 11.1. The predicted molar refractivity (Wildman–Crippen MR) is 45.6 cm³/mol. The first kappa shape index (κ1) is 7.84. The standard InChI is InChI=1S/C10H14O2/c1-12-10(11)9-6-8(9)7-4-2-3-5-7/h9H,2-6H2,1H3/t9-/m1/s1. The molecule has 2 heteroatoms. The third-order valence-corrected chi connectivity index (χ3v) is 2.83. The van der Waals surface area contributed by atoms with Gasteiger partial charge in [-0.05, 0) is 32.1 Å². The monoisotopic (exact) mass is 166 g/mol. The lowest BCUT2D eigenvalue weighted by atomic mass is 10.2. The van der Waals surface area contributed by atoms with E-state index >= 15 is 0 Å². The van der Waals surface area contributed by atoms with Crippen LogP contribution >= 0.6 is 0 Å². The van der Waals surface area contributed by atoms with Gasteiger partial charge in [-0.3, -0.25) is 4.79 Å². The van der Waals surface area contributed by atoms with Gasteiger partial charge in [0.15, 0.2) is 0 Å². The lowest BCUT2D eigenvalue weighted by Crippen LogP contribution is -2.02. The Balaban J connectivity index is 2.02. The molecular weight excluding hydrogens is 152 g/mol. The van der Waals surface area contributed by atoms with Crippen LogP contribution in [0.5, 0.6) is 0 Å². The number of carbonyl (C=O) groups is 1. The Morgan fingerprint density at radius 2 is 2.08 bits per heavy atom. The highest BCUT2D eigenvalue weighted by Crippen LogP contribution is 2.45. The van der Waals surface area contributed by atoms with Gasteiger partial charge < -0.3 is 4.74 Å². The van der Waals surface area contributed by atoms with Gasteiger partial charge in [-0.25, -0.2) is 0 Å². The predicted octanol–water partition coefficient (Wildman–Crippen LogP) is 2.05. The van der Waals surface area contributed by atoms with Gasteiger partial charge in [-0.15, -0.1) is 0 Å². The van der Waals surface area contributed by atoms with Gasteiger partial charge in [0.2, 0.25) is 0 Å². The van der Waals surface area contributed by atoms with Crippen LogP contribution in [0.1, 0.15) is 32.1 Å². The summed E-state index contributed by atoms with van der Waals surface area (Å²) in [5, 5.41) is 0. The Kier molecular flexibility index (Phi) is 1.91. The van der Waals surface area contributed by atoms with E-state index in [0.29, 0.717) is 0 Å². The molecule has 0 N–H and O–H groups in total. The van der Waals surface area contributed by atoms with Crippen molar-refractivity contribution in [2.24, 2.45) is 5.92 Å². The topological polar surface area (TPSA) is 26.3 Å². The zero-order chi connectivity index (χ0) is 8.55. The summed E-state index contributed by atoms with van der Waals surface area (Å²) in [5.74, 6) is 0.104. The zero-order valence-corrected chi connectivity index (χ0v) is 7.43. The summed E-state index contributed by atoms with van der Waals surface area (Å²) >= 11 is 0. The summed E-state index contributed by atoms with van der Waals surface area (Å²) in [5.41, 5.74) is 2.93. The van der Waals surface area contributed by atoms with E-state index in [9.17, 15) is 4.79 Å². The van der Waals surface area contributed by atoms with E-state index in [0.717, 1.165) is 6.42 Å². The highest BCUT2D eigenvalue weighted by atomic mass is 16.5. The molecule has 2 aliphatic carbocycles. The first-order valence-corrected chi connectivity index (χ1v) is 4.61. The maximum absolute atomic E-state index is 11.1. The number of allylic oxidation sites excluding steroid dienone is 1. The minimum Gasteiger partial charge on any atom is -0.469 e. The fourth-order valence-electron chi connectivity index (χ4n) is 2.04. The molecule has 12 heavy (non-hydrogen) atoms. The fraction of sp³-hybridized carbons (Fsp3) is 0.700. The van der Waals surface area contributed by atoms with Crippen LogP contribution in [0.25, 0.3) is 0 Å². The molecule has 0 unspecified atom stereocenters. The van der Waals surface area contributed by atoms with Crippen LogP contribution in [-0.4, -0.2) is 13.1 Å². The molecule has 0 aromatic rings. The van der Waals surface area contributed by atoms with Crippen LogP contribution in [0.4, 0.5) is 0 Å². The van der Waals surface area contributed by atoms with Crippen molar-refractivity contribution in [1.29, 1.82) is 0 Å². The van der Waals surface area contributed by atoms with Crippen LogP contribution in [0.15, 0.2) is 11.1 Å². The minimum atomic E-state index is -0.0376. The van der Waals surface area contributed by atoms with Gasteiger partial charge in [-0.1, -0.05) is 11.1 Å². The van der Waals surface area contributed by atoms with Crippen molar-refractivity contribution in [1.82, 2.24) is 0 Å². The second-order valence-corrected chi connectivity index (χ2v) is 3.62. The summed E-state index contributed by atoms with van der Waals surface area (Å²) in [6.07, 6.45) is 6.05. The first-order valence-electron chi connectivity index (χ1n) is 4.61. The first-order chi connectivity index (χ1) is 5.83. The number of hydrogen-bond donors (Lipinski definition) is 0. The maximum Gasteiger partial charge on any atom is 0.313 e. The Bertz CT molecular complexity index is 232. The van der Waals surface area contributed by atoms with Crippen molar-refractivity contribution in [3.8, 4) is 0 Å². The molecule has 0 bridgehead atoms. The summed E-state index contributed by atoms with van der Waals surface area (Å²) in [6.45, 7) is 0. The van der Waals surface area contributed by atoms with E-state index in [4.69, 9.17) is 4.74 Å². The van der Waals surface area contributed by atoms with Crippen molar-refractivity contribution in [3.63, 3.8) is 0 Å². The molecular formula is C10H14O2. The highest BCUT2D eigenvalue weighted by molar-refractivity contribution is 5.81. The van der Waals surface area contributed by atoms with Crippen LogP contribution in [0.3, 0.4) is 0 Å². The number of esters is 1. The van der Waals surface area contributed by atoms with Gasteiger partial charge in [0.25, 0.3) is 0 Å². The average molecular weight is 166 g/mol. The molecule has 0 aromatic carbocycles. The minimum absolute atomic E-state index is 0.0376. The number of carbonyl (C=O) groups excluding carboxylic acids is 1. The van der Waals surface area contributed by atoms with Crippen molar-refractivity contribution in [3.05, 3.63) is 11.1 Å². The van der Waals surface area contributed by atoms with Gasteiger partial charge in [-0.2, -0.15) is 0 Å². The van der Waals surface area contributed by atoms with E-state index in [1.54, 1.807) is 5.57 Å². The van der Waals surface area contributed by atoms with E-state index in [1.807, 2.05) is 0 Å². The molecule has 2 nitrogen and oxygen atoms in total. The molecule has 0 aliphatic heterocycles. The molecule has 2 rings (SSSR count). The summed E-state index contributed by atoms with van der Waals surface area (Å²) in [6, 6.07) is 0. The number of rotatable bonds is 1. The van der Waals surface area contributed by atoms with Gasteiger partial charge in [0, 0.05) is 0 Å². The van der Waals surface area contributed by atoms with Crippen molar-refractivity contribution >= 4 is 5.97 Å². The third kappa shape index (κ3) is 1.26. The molecule has 0 amide bonds. The second-order valence-electron chi connectivity index (χ2n) is 3.62. The summed E-state index contributed by atoms with van der Waals surface area (Å²) in [7, 11) is 1.47. The normalized spacial score (nSPS) is 27.6. The lowest BCUT2D eigenvalue weighted by Gasteiger charge is -1.94. The lowest BCUT2D eigenvalue weighted by molar-refractivity contribution is -0.141. The van der Waals surface area contributed by atoms with Crippen molar-refractivity contribution < 1.29 is 9.53 Å². The van der Waals surface area contributed by atoms with E-state index in [-0.39, 0.29) is 11.9 Å². The van der Waals surface area contributed by atoms with Crippen molar-refractivity contribution in [2.75, 3.05) is 7.11 Å². The van der Waals surface area contributed by atoms with E-state index in [2.05, 4.69) is 0 Å². The van der Waals surface area contributed by atoms with Crippen LogP contribution in [-0.2, 0) is 9.53 Å².